The largest absolute Gasteiger partial charge is 0.490 e. The van der Waals surface area contributed by atoms with E-state index in [-0.39, 0.29) is 12.5 Å². The second-order valence-electron chi connectivity index (χ2n) is 8.86. The highest BCUT2D eigenvalue weighted by Crippen LogP contribution is 2.31. The van der Waals surface area contributed by atoms with Gasteiger partial charge in [-0.3, -0.25) is 4.79 Å². The summed E-state index contributed by atoms with van der Waals surface area (Å²) >= 11 is 0. The van der Waals surface area contributed by atoms with Crippen molar-refractivity contribution in [3.63, 3.8) is 0 Å². The molecule has 0 atom stereocenters. The van der Waals surface area contributed by atoms with Gasteiger partial charge in [-0.1, -0.05) is 30.3 Å². The first-order valence-corrected chi connectivity index (χ1v) is 12.8. The number of aromatic amines is 1. The van der Waals surface area contributed by atoms with E-state index in [0.29, 0.717) is 42.7 Å². The van der Waals surface area contributed by atoms with E-state index in [2.05, 4.69) is 26.3 Å². The molecule has 1 fully saturated rings. The number of nitrogens with one attached hydrogen (secondary N) is 2. The van der Waals surface area contributed by atoms with Crippen LogP contribution < -0.4 is 19.7 Å². The third kappa shape index (κ3) is 6.20. The van der Waals surface area contributed by atoms with Crippen LogP contribution in [0.25, 0.3) is 22.7 Å². The number of nitriles is 1. The molecule has 2 heterocycles. The average molecular weight is 524 g/mol. The molecule has 0 saturated carbocycles. The number of aromatic nitrogens is 2. The molecule has 0 radical (unpaired) electrons. The number of allylic oxidation sites excluding steroid dienone is 1. The van der Waals surface area contributed by atoms with Gasteiger partial charge in [-0.15, -0.1) is 0 Å². The van der Waals surface area contributed by atoms with Crippen LogP contribution in [0.15, 0.2) is 66.7 Å². The van der Waals surface area contributed by atoms with E-state index in [9.17, 15) is 10.1 Å². The number of H-pyrrole nitrogens is 1. The number of rotatable bonds is 9. The van der Waals surface area contributed by atoms with Gasteiger partial charge >= 0.3 is 0 Å². The van der Waals surface area contributed by atoms with Gasteiger partial charge in [-0.25, -0.2) is 4.98 Å². The summed E-state index contributed by atoms with van der Waals surface area (Å²) in [6, 6.07) is 22.9. The quantitative estimate of drug-likeness (QED) is 0.301. The van der Waals surface area contributed by atoms with E-state index in [1.807, 2.05) is 61.5 Å². The number of amides is 1. The average Bonchev–Trinajstić information content (AvgIpc) is 3.40. The van der Waals surface area contributed by atoms with Gasteiger partial charge in [0.25, 0.3) is 5.91 Å². The number of benzene rings is 3. The third-order valence-electron chi connectivity index (χ3n) is 6.23. The van der Waals surface area contributed by atoms with Gasteiger partial charge in [-0.2, -0.15) is 5.26 Å². The minimum atomic E-state index is -0.279. The van der Waals surface area contributed by atoms with Crippen LogP contribution in [0, 0.1) is 11.3 Å². The fourth-order valence-electron chi connectivity index (χ4n) is 4.39. The Balaban J connectivity index is 1.29. The maximum Gasteiger partial charge on any atom is 0.262 e. The predicted molar refractivity (Wildman–Crippen MR) is 151 cm³/mol. The first-order valence-electron chi connectivity index (χ1n) is 12.8. The number of carbonyl (C=O) groups is 1. The fraction of sp³-hybridized carbons (Fsp3) is 0.233. The molecule has 3 aromatic carbocycles. The van der Waals surface area contributed by atoms with E-state index < -0.39 is 0 Å². The van der Waals surface area contributed by atoms with Crippen molar-refractivity contribution in [3.8, 4) is 17.6 Å². The molecule has 0 aliphatic carbocycles. The maximum atomic E-state index is 12.8. The highest BCUT2D eigenvalue weighted by Gasteiger charge is 2.17. The normalized spacial score (nSPS) is 13.6. The Morgan fingerprint density at radius 1 is 1.10 bits per heavy atom. The van der Waals surface area contributed by atoms with E-state index in [4.69, 9.17) is 14.2 Å². The second-order valence-corrected chi connectivity index (χ2v) is 8.86. The lowest BCUT2D eigenvalue weighted by Crippen LogP contribution is -2.37. The van der Waals surface area contributed by atoms with Crippen molar-refractivity contribution in [1.82, 2.24) is 9.97 Å². The zero-order valence-corrected chi connectivity index (χ0v) is 21.6. The standard InChI is InChI=1S/C30H29N5O4/c1-2-38-28-18-21(17-22(19-31)30-33-23-7-3-4-8-24(23)34-30)11-12-27(28)39-20-29(36)32-25-9-5-6-10-26(25)35-13-15-37-16-14-35/h3-12,17-18H,2,13-16,20H2,1H3,(H,32,36)(H,33,34)/b22-17+. The van der Waals surface area contributed by atoms with E-state index in [0.717, 1.165) is 41.1 Å². The lowest BCUT2D eigenvalue weighted by atomic mass is 10.1. The van der Waals surface area contributed by atoms with Crippen LogP contribution in [0.4, 0.5) is 11.4 Å². The van der Waals surface area contributed by atoms with E-state index in [1.54, 1.807) is 18.2 Å². The lowest BCUT2D eigenvalue weighted by molar-refractivity contribution is -0.118. The van der Waals surface area contributed by atoms with Crippen molar-refractivity contribution in [2.45, 2.75) is 6.92 Å². The molecule has 39 heavy (non-hydrogen) atoms. The summed E-state index contributed by atoms with van der Waals surface area (Å²) in [7, 11) is 0. The van der Waals surface area contributed by atoms with Crippen LogP contribution in [0.1, 0.15) is 18.3 Å². The Hall–Kier alpha value is -4.81. The number of ether oxygens (including phenoxy) is 3. The highest BCUT2D eigenvalue weighted by molar-refractivity contribution is 5.95. The van der Waals surface area contributed by atoms with E-state index in [1.165, 1.54) is 0 Å². The van der Waals surface area contributed by atoms with Crippen LogP contribution >= 0.6 is 0 Å². The van der Waals surface area contributed by atoms with Gasteiger partial charge in [0.2, 0.25) is 0 Å². The molecule has 0 bridgehead atoms. The maximum absolute atomic E-state index is 12.8. The summed E-state index contributed by atoms with van der Waals surface area (Å²) in [5.41, 5.74) is 4.47. The molecule has 9 nitrogen and oxygen atoms in total. The first-order chi connectivity index (χ1) is 19.1. The molecule has 9 heteroatoms. The molecule has 5 rings (SSSR count). The van der Waals surface area contributed by atoms with Gasteiger partial charge in [0, 0.05) is 13.1 Å². The SMILES string of the molecule is CCOc1cc(/C=C(\C#N)c2nc3ccccc3[nH]2)ccc1OCC(=O)Nc1ccccc1N1CCOCC1. The van der Waals surface area contributed by atoms with Crippen molar-refractivity contribution in [2.75, 3.05) is 49.7 Å². The van der Waals surface area contributed by atoms with Crippen LogP contribution in [0.2, 0.25) is 0 Å². The summed E-state index contributed by atoms with van der Waals surface area (Å²) in [6.07, 6.45) is 1.74. The Bertz CT molecular complexity index is 1500. The molecule has 1 aliphatic heterocycles. The summed E-state index contributed by atoms with van der Waals surface area (Å²) in [5.74, 6) is 1.13. The van der Waals surface area contributed by atoms with Crippen molar-refractivity contribution < 1.29 is 19.0 Å². The molecule has 1 amide bonds. The zero-order chi connectivity index (χ0) is 27.0. The molecule has 1 aliphatic rings. The molecule has 4 aromatic rings. The summed E-state index contributed by atoms with van der Waals surface area (Å²) < 4.78 is 17.1. The second kappa shape index (κ2) is 12.2. The van der Waals surface area contributed by atoms with Crippen molar-refractivity contribution in [1.29, 1.82) is 5.26 Å². The van der Waals surface area contributed by atoms with Gasteiger partial charge in [0.1, 0.15) is 11.9 Å². The van der Waals surface area contributed by atoms with Crippen molar-refractivity contribution in [2.24, 2.45) is 0 Å². The van der Waals surface area contributed by atoms with Gasteiger partial charge in [0.15, 0.2) is 18.1 Å². The van der Waals surface area contributed by atoms with Gasteiger partial charge in [0.05, 0.1) is 47.8 Å². The van der Waals surface area contributed by atoms with Crippen LogP contribution in [0.3, 0.4) is 0 Å². The van der Waals surface area contributed by atoms with Crippen molar-refractivity contribution in [3.05, 3.63) is 78.1 Å². The van der Waals surface area contributed by atoms with Crippen LogP contribution in [-0.4, -0.2) is 55.4 Å². The number of carbonyl (C=O) groups excluding carboxylic acids is 1. The fourth-order valence-corrected chi connectivity index (χ4v) is 4.39. The molecular formula is C30H29N5O4. The molecule has 0 unspecified atom stereocenters. The van der Waals surface area contributed by atoms with E-state index >= 15 is 0 Å². The number of nitrogens with zero attached hydrogens (tertiary/aromatic N) is 3. The van der Waals surface area contributed by atoms with Gasteiger partial charge in [-0.05, 0) is 55.0 Å². The summed E-state index contributed by atoms with van der Waals surface area (Å²) in [6.45, 7) is 4.95. The van der Waals surface area contributed by atoms with Crippen LogP contribution in [0.5, 0.6) is 11.5 Å². The summed E-state index contributed by atoms with van der Waals surface area (Å²) in [4.78, 5) is 22.7. The number of morpholine rings is 1. The molecule has 198 valence electrons. The summed E-state index contributed by atoms with van der Waals surface area (Å²) in [5, 5.41) is 12.7. The molecule has 1 aromatic heterocycles. The van der Waals surface area contributed by atoms with Gasteiger partial charge < -0.3 is 29.4 Å². The molecule has 1 saturated heterocycles. The number of para-hydroxylation sites is 4. The lowest BCUT2D eigenvalue weighted by Gasteiger charge is -2.30. The predicted octanol–water partition coefficient (Wildman–Crippen LogP) is 4.88. The number of imidazole rings is 1. The molecular weight excluding hydrogens is 494 g/mol. The minimum Gasteiger partial charge on any atom is -0.490 e. The minimum absolute atomic E-state index is 0.185. The highest BCUT2D eigenvalue weighted by atomic mass is 16.5. The Morgan fingerprint density at radius 2 is 1.90 bits per heavy atom. The molecule has 2 N–H and O–H groups in total. The third-order valence-corrected chi connectivity index (χ3v) is 6.23. The topological polar surface area (TPSA) is 112 Å². The first kappa shape index (κ1) is 25.8. The number of fused-ring (bicyclic) bond motifs is 1. The number of hydrogen-bond acceptors (Lipinski definition) is 7. The Labute approximate surface area is 226 Å². The Kier molecular flexibility index (Phi) is 8.05. The monoisotopic (exact) mass is 523 g/mol. The van der Waals surface area contributed by atoms with Crippen molar-refractivity contribution >= 4 is 40.0 Å². The number of anilines is 2. The number of hydrogen-bond donors (Lipinski definition) is 2. The Morgan fingerprint density at radius 3 is 2.69 bits per heavy atom. The molecule has 0 spiro atoms. The van der Waals surface area contributed by atoms with Crippen LogP contribution in [-0.2, 0) is 9.53 Å². The smallest absolute Gasteiger partial charge is 0.262 e. The zero-order valence-electron chi connectivity index (χ0n) is 21.6.